The molecule has 0 spiro atoms. The molecule has 0 aliphatic heterocycles. The first-order valence-corrected chi connectivity index (χ1v) is 6.77. The predicted octanol–water partition coefficient (Wildman–Crippen LogP) is -1.31. The van der Waals surface area contributed by atoms with Crippen molar-refractivity contribution in [2.24, 2.45) is 0 Å². The zero-order valence-electron chi connectivity index (χ0n) is 12.3. The van der Waals surface area contributed by atoms with Crippen molar-refractivity contribution in [2.45, 2.75) is 26.9 Å². The molecule has 0 fully saturated rings. The highest BCUT2D eigenvalue weighted by Gasteiger charge is 2.13. The first-order valence-electron chi connectivity index (χ1n) is 6.77. The number of ether oxygens (including phenoxy) is 1. The van der Waals surface area contributed by atoms with Crippen LogP contribution in [0.25, 0.3) is 11.2 Å². The van der Waals surface area contributed by atoms with Gasteiger partial charge in [-0.3, -0.25) is 19.0 Å². The minimum absolute atomic E-state index is 0.0996. The van der Waals surface area contributed by atoms with Crippen LogP contribution in [0.1, 0.15) is 13.8 Å². The third-order valence-electron chi connectivity index (χ3n) is 2.84. The zero-order chi connectivity index (χ0) is 16.1. The second-order valence-corrected chi connectivity index (χ2v) is 4.34. The van der Waals surface area contributed by atoms with Crippen LogP contribution in [0.4, 0.5) is 0 Å². The molecule has 1 N–H and O–H groups in total. The second kappa shape index (κ2) is 6.78. The largest absolute Gasteiger partial charge is 0.465 e. The molecule has 0 aliphatic rings. The monoisotopic (exact) mass is 308 g/mol. The van der Waals surface area contributed by atoms with Gasteiger partial charge in [0.05, 0.1) is 6.61 Å². The smallest absolute Gasteiger partial charge is 0.325 e. The van der Waals surface area contributed by atoms with Crippen molar-refractivity contribution in [1.29, 1.82) is 0 Å². The van der Waals surface area contributed by atoms with Gasteiger partial charge in [0.15, 0.2) is 11.2 Å². The van der Waals surface area contributed by atoms with Crippen LogP contribution in [0.3, 0.4) is 0 Å². The summed E-state index contributed by atoms with van der Waals surface area (Å²) >= 11 is 0. The van der Waals surface area contributed by atoms with Crippen LogP contribution in [-0.4, -0.2) is 49.6 Å². The van der Waals surface area contributed by atoms with Crippen molar-refractivity contribution in [2.75, 3.05) is 13.2 Å². The van der Waals surface area contributed by atoms with Gasteiger partial charge >= 0.3 is 5.97 Å². The van der Waals surface area contributed by atoms with Gasteiger partial charge in [0.1, 0.15) is 19.4 Å². The van der Waals surface area contributed by atoms with Crippen molar-refractivity contribution < 1.29 is 14.3 Å². The van der Waals surface area contributed by atoms with Crippen molar-refractivity contribution in [3.8, 4) is 0 Å². The highest BCUT2D eigenvalue weighted by atomic mass is 16.5. The van der Waals surface area contributed by atoms with Crippen LogP contribution >= 0.6 is 0 Å². The summed E-state index contributed by atoms with van der Waals surface area (Å²) in [5.41, 5.74) is 0.00853. The van der Waals surface area contributed by atoms with Crippen molar-refractivity contribution in [3.05, 3.63) is 16.7 Å². The minimum Gasteiger partial charge on any atom is -0.465 e. The van der Waals surface area contributed by atoms with E-state index in [9.17, 15) is 14.4 Å². The van der Waals surface area contributed by atoms with Crippen LogP contribution in [0.5, 0.6) is 0 Å². The Bertz CT molecular complexity index is 750. The number of fused-ring (bicyclic) bond motifs is 1. The van der Waals surface area contributed by atoms with E-state index in [4.69, 9.17) is 0 Å². The normalized spacial score (nSPS) is 10.6. The molecule has 0 aliphatic carbocycles. The number of carbonyl (C=O) groups excluding carboxylic acids is 2. The lowest BCUT2D eigenvalue weighted by Gasteiger charge is -2.06. The Labute approximate surface area is 125 Å². The van der Waals surface area contributed by atoms with Crippen LogP contribution in [0.15, 0.2) is 11.1 Å². The fraction of sp³-hybridized carbons (Fsp3) is 0.500. The van der Waals surface area contributed by atoms with Crippen LogP contribution in [0, 0.1) is 0 Å². The average Bonchev–Trinajstić information content (AvgIpc) is 2.92. The molecule has 0 saturated carbocycles. The maximum atomic E-state index is 12.2. The Kier molecular flexibility index (Phi) is 4.81. The van der Waals surface area contributed by atoms with Crippen molar-refractivity contribution in [3.63, 3.8) is 0 Å². The van der Waals surface area contributed by atoms with Crippen LogP contribution < -0.4 is 10.9 Å². The molecule has 0 radical (unpaired) electrons. The molecule has 2 aromatic rings. The summed E-state index contributed by atoms with van der Waals surface area (Å²) in [6, 6.07) is 0. The molecule has 10 nitrogen and oxygen atoms in total. The van der Waals surface area contributed by atoms with Gasteiger partial charge in [0.2, 0.25) is 5.91 Å². The molecule has 0 saturated heterocycles. The van der Waals surface area contributed by atoms with E-state index >= 15 is 0 Å². The number of nitrogens with zero attached hydrogens (tertiary/aromatic N) is 5. The highest BCUT2D eigenvalue weighted by Crippen LogP contribution is 2.01. The molecule has 2 aromatic heterocycles. The second-order valence-electron chi connectivity index (χ2n) is 4.34. The van der Waals surface area contributed by atoms with E-state index in [-0.39, 0.29) is 25.2 Å². The molecule has 0 unspecified atom stereocenters. The Morgan fingerprint density at radius 3 is 2.82 bits per heavy atom. The molecule has 118 valence electrons. The van der Waals surface area contributed by atoms with Gasteiger partial charge in [-0.05, 0) is 13.8 Å². The summed E-state index contributed by atoms with van der Waals surface area (Å²) in [7, 11) is 0. The summed E-state index contributed by atoms with van der Waals surface area (Å²) < 4.78 is 7.28. The number of hydrogen-bond acceptors (Lipinski definition) is 7. The van der Waals surface area contributed by atoms with E-state index in [1.54, 1.807) is 6.92 Å². The highest BCUT2D eigenvalue weighted by molar-refractivity contribution is 5.81. The van der Waals surface area contributed by atoms with Crippen LogP contribution in [-0.2, 0) is 27.4 Å². The first-order chi connectivity index (χ1) is 10.6. The maximum absolute atomic E-state index is 12.2. The molecule has 0 aromatic carbocycles. The Morgan fingerprint density at radius 1 is 1.36 bits per heavy atom. The van der Waals surface area contributed by atoms with Gasteiger partial charge in [-0.1, -0.05) is 5.21 Å². The van der Waals surface area contributed by atoms with Crippen LogP contribution in [0.2, 0.25) is 0 Å². The molecular weight excluding hydrogens is 292 g/mol. The molecule has 22 heavy (non-hydrogen) atoms. The van der Waals surface area contributed by atoms with Gasteiger partial charge < -0.3 is 10.1 Å². The lowest BCUT2D eigenvalue weighted by atomic mass is 10.4. The number of nitrogens with one attached hydrogen (secondary N) is 1. The summed E-state index contributed by atoms with van der Waals surface area (Å²) in [6.07, 6.45) is 1.25. The number of esters is 1. The van der Waals surface area contributed by atoms with E-state index in [0.29, 0.717) is 12.2 Å². The van der Waals surface area contributed by atoms with E-state index in [0.717, 1.165) is 4.57 Å². The standard InChI is InChI=1S/C12H16N6O4/c1-3-18-11-10(15-16-18)12(21)17(7-14-11)6-8(19)13-5-9(20)22-4-2/h7H,3-6H2,1-2H3,(H,13,19). The first kappa shape index (κ1) is 15.6. The van der Waals surface area contributed by atoms with Gasteiger partial charge in [-0.25, -0.2) is 9.67 Å². The van der Waals surface area contributed by atoms with Gasteiger partial charge in [0, 0.05) is 6.54 Å². The molecule has 2 rings (SSSR count). The van der Waals surface area contributed by atoms with Gasteiger partial charge in [-0.2, -0.15) is 0 Å². The number of rotatable bonds is 6. The summed E-state index contributed by atoms with van der Waals surface area (Å²) in [4.78, 5) is 39.1. The summed E-state index contributed by atoms with van der Waals surface area (Å²) in [5.74, 6) is -1.04. The molecule has 1 amide bonds. The number of carbonyl (C=O) groups is 2. The number of hydrogen-bond donors (Lipinski definition) is 1. The number of aromatic nitrogens is 5. The van der Waals surface area contributed by atoms with E-state index < -0.39 is 17.4 Å². The lowest BCUT2D eigenvalue weighted by Crippen LogP contribution is -2.36. The Balaban J connectivity index is 2.08. The SMILES string of the molecule is CCOC(=O)CNC(=O)Cn1cnc2c(nnn2CC)c1=O. The summed E-state index contributed by atoms with van der Waals surface area (Å²) in [6.45, 7) is 3.78. The van der Waals surface area contributed by atoms with E-state index in [1.165, 1.54) is 11.0 Å². The Morgan fingerprint density at radius 2 is 2.14 bits per heavy atom. The van der Waals surface area contributed by atoms with E-state index in [2.05, 4.69) is 25.3 Å². The molecular formula is C12H16N6O4. The molecule has 10 heteroatoms. The molecule has 0 bridgehead atoms. The zero-order valence-corrected chi connectivity index (χ0v) is 12.3. The average molecular weight is 308 g/mol. The molecule has 0 atom stereocenters. The van der Waals surface area contributed by atoms with Crippen molar-refractivity contribution in [1.82, 2.24) is 29.9 Å². The lowest BCUT2D eigenvalue weighted by molar-refractivity contribution is -0.143. The van der Waals surface area contributed by atoms with Crippen molar-refractivity contribution >= 4 is 23.0 Å². The third-order valence-corrected chi connectivity index (χ3v) is 2.84. The fourth-order valence-electron chi connectivity index (χ4n) is 1.81. The minimum atomic E-state index is -0.539. The fourth-order valence-corrected chi connectivity index (χ4v) is 1.81. The Hall–Kier alpha value is -2.78. The third kappa shape index (κ3) is 3.27. The topological polar surface area (TPSA) is 121 Å². The quantitative estimate of drug-likeness (QED) is 0.657. The van der Waals surface area contributed by atoms with E-state index in [1.807, 2.05) is 6.92 Å². The number of aryl methyl sites for hydroxylation is 1. The maximum Gasteiger partial charge on any atom is 0.325 e. The summed E-state index contributed by atoms with van der Waals surface area (Å²) in [5, 5.41) is 9.94. The predicted molar refractivity (Wildman–Crippen MR) is 74.9 cm³/mol. The molecule has 2 heterocycles. The van der Waals surface area contributed by atoms with Gasteiger partial charge in [-0.15, -0.1) is 5.10 Å². The van der Waals surface area contributed by atoms with Gasteiger partial charge in [0.25, 0.3) is 5.56 Å². The number of amides is 1.